The summed E-state index contributed by atoms with van der Waals surface area (Å²) in [6, 6.07) is 10.9. The molecule has 140 valence electrons. The van der Waals surface area contributed by atoms with E-state index in [1.807, 2.05) is 24.3 Å². The van der Waals surface area contributed by atoms with Crippen LogP contribution in [0.5, 0.6) is 0 Å². The quantitative estimate of drug-likeness (QED) is 0.612. The zero-order valence-electron chi connectivity index (χ0n) is 15.4. The standard InChI is InChI=1S/C23H28F2O/c1-2-3-16-4-6-17(7-5-16)12-23(26)19-10-8-18(9-11-19)20-13-21(24)15-22(25)14-20/h8-11,13-17,23,26H,2-7,12H2,1H3. The zero-order chi connectivity index (χ0) is 18.5. The van der Waals surface area contributed by atoms with Crippen molar-refractivity contribution in [3.63, 3.8) is 0 Å². The predicted molar refractivity (Wildman–Crippen MR) is 102 cm³/mol. The summed E-state index contributed by atoms with van der Waals surface area (Å²) in [6.07, 6.45) is 7.92. The van der Waals surface area contributed by atoms with Crippen LogP contribution in [0.15, 0.2) is 42.5 Å². The molecule has 1 nitrogen and oxygen atoms in total. The van der Waals surface area contributed by atoms with E-state index in [4.69, 9.17) is 0 Å². The maximum Gasteiger partial charge on any atom is 0.126 e. The van der Waals surface area contributed by atoms with Crippen LogP contribution in [0.3, 0.4) is 0 Å². The minimum Gasteiger partial charge on any atom is -0.388 e. The van der Waals surface area contributed by atoms with Crippen molar-refractivity contribution >= 4 is 0 Å². The summed E-state index contributed by atoms with van der Waals surface area (Å²) in [6.45, 7) is 2.25. The van der Waals surface area contributed by atoms with Gasteiger partial charge in [0.2, 0.25) is 0 Å². The lowest BCUT2D eigenvalue weighted by Crippen LogP contribution is -2.16. The third kappa shape index (κ3) is 4.91. The molecular weight excluding hydrogens is 330 g/mol. The van der Waals surface area contributed by atoms with E-state index in [1.165, 1.54) is 50.7 Å². The lowest BCUT2D eigenvalue weighted by atomic mass is 9.77. The van der Waals surface area contributed by atoms with Crippen LogP contribution in [0, 0.1) is 23.5 Å². The van der Waals surface area contributed by atoms with Gasteiger partial charge in [-0.15, -0.1) is 0 Å². The first-order chi connectivity index (χ1) is 12.5. The average Bonchev–Trinajstić information content (AvgIpc) is 2.63. The number of aliphatic hydroxyl groups excluding tert-OH is 1. The molecule has 26 heavy (non-hydrogen) atoms. The predicted octanol–water partition coefficient (Wildman–Crippen LogP) is 6.66. The SMILES string of the molecule is CCCC1CCC(CC(O)c2ccc(-c3cc(F)cc(F)c3)cc2)CC1. The largest absolute Gasteiger partial charge is 0.388 e. The van der Waals surface area contributed by atoms with E-state index in [-0.39, 0.29) is 0 Å². The van der Waals surface area contributed by atoms with Crippen LogP contribution < -0.4 is 0 Å². The molecule has 1 aliphatic carbocycles. The van der Waals surface area contributed by atoms with E-state index in [2.05, 4.69) is 6.92 Å². The monoisotopic (exact) mass is 358 g/mol. The third-order valence-electron chi connectivity index (χ3n) is 5.71. The van der Waals surface area contributed by atoms with Gasteiger partial charge in [-0.3, -0.25) is 0 Å². The Morgan fingerprint density at radius 2 is 1.46 bits per heavy atom. The van der Waals surface area contributed by atoms with Crippen molar-refractivity contribution < 1.29 is 13.9 Å². The van der Waals surface area contributed by atoms with Gasteiger partial charge < -0.3 is 5.11 Å². The van der Waals surface area contributed by atoms with Crippen molar-refractivity contribution in [2.45, 2.75) is 58.0 Å². The average molecular weight is 358 g/mol. The number of hydrogen-bond donors (Lipinski definition) is 1. The molecule has 0 spiro atoms. The Labute approximate surface area is 155 Å². The molecule has 0 bridgehead atoms. The molecule has 2 aromatic rings. The zero-order valence-corrected chi connectivity index (χ0v) is 15.4. The first-order valence-corrected chi connectivity index (χ1v) is 9.79. The minimum atomic E-state index is -0.581. The highest BCUT2D eigenvalue weighted by Crippen LogP contribution is 2.36. The lowest BCUT2D eigenvalue weighted by molar-refractivity contribution is 0.122. The van der Waals surface area contributed by atoms with Gasteiger partial charge in [-0.25, -0.2) is 8.78 Å². The van der Waals surface area contributed by atoms with Crippen LogP contribution in [0.1, 0.15) is 63.5 Å². The van der Waals surface area contributed by atoms with E-state index in [9.17, 15) is 13.9 Å². The van der Waals surface area contributed by atoms with Gasteiger partial charge in [-0.05, 0) is 47.1 Å². The van der Waals surface area contributed by atoms with Crippen LogP contribution in [-0.4, -0.2) is 5.11 Å². The molecule has 0 aromatic heterocycles. The summed E-state index contributed by atoms with van der Waals surface area (Å²) in [5.74, 6) is 0.306. The van der Waals surface area contributed by atoms with Crippen LogP contribution in [-0.2, 0) is 0 Å². The fourth-order valence-corrected chi connectivity index (χ4v) is 4.23. The highest BCUT2D eigenvalue weighted by molar-refractivity contribution is 5.63. The van der Waals surface area contributed by atoms with Gasteiger partial charge in [-0.2, -0.15) is 0 Å². The Kier molecular flexibility index (Phi) is 6.42. The van der Waals surface area contributed by atoms with Gasteiger partial charge in [0.05, 0.1) is 6.10 Å². The maximum atomic E-state index is 13.4. The summed E-state index contributed by atoms with van der Waals surface area (Å²) in [7, 11) is 0. The van der Waals surface area contributed by atoms with Crippen LogP contribution in [0.25, 0.3) is 11.1 Å². The van der Waals surface area contributed by atoms with Gasteiger partial charge in [0.1, 0.15) is 11.6 Å². The summed E-state index contributed by atoms with van der Waals surface area (Å²) < 4.78 is 26.8. The van der Waals surface area contributed by atoms with Crippen molar-refractivity contribution in [2.75, 3.05) is 0 Å². The van der Waals surface area contributed by atoms with E-state index >= 15 is 0 Å². The Balaban J connectivity index is 1.60. The molecule has 1 fully saturated rings. The molecule has 1 unspecified atom stereocenters. The van der Waals surface area contributed by atoms with Crippen molar-refractivity contribution in [1.82, 2.24) is 0 Å². The molecule has 0 aliphatic heterocycles. The summed E-state index contributed by atoms with van der Waals surface area (Å²) >= 11 is 0. The second kappa shape index (κ2) is 8.77. The van der Waals surface area contributed by atoms with Crippen LogP contribution in [0.4, 0.5) is 8.78 Å². The molecule has 3 rings (SSSR count). The smallest absolute Gasteiger partial charge is 0.126 e. The highest BCUT2D eigenvalue weighted by Gasteiger charge is 2.23. The second-order valence-electron chi connectivity index (χ2n) is 7.71. The molecule has 1 saturated carbocycles. The number of rotatable bonds is 6. The lowest BCUT2D eigenvalue weighted by Gasteiger charge is -2.29. The Bertz CT molecular complexity index is 682. The minimum absolute atomic E-state index is 0.471. The number of aliphatic hydroxyl groups is 1. The van der Waals surface area contributed by atoms with Gasteiger partial charge in [0.15, 0.2) is 0 Å². The highest BCUT2D eigenvalue weighted by atomic mass is 19.1. The van der Waals surface area contributed by atoms with Gasteiger partial charge >= 0.3 is 0 Å². The Morgan fingerprint density at radius 3 is 2.04 bits per heavy atom. The topological polar surface area (TPSA) is 20.2 Å². The molecule has 1 atom stereocenters. The molecule has 1 aliphatic rings. The van der Waals surface area contributed by atoms with Crippen molar-refractivity contribution in [3.8, 4) is 11.1 Å². The number of benzene rings is 2. The van der Waals surface area contributed by atoms with E-state index in [0.29, 0.717) is 11.5 Å². The normalized spacial score (nSPS) is 21.5. The molecule has 3 heteroatoms. The van der Waals surface area contributed by atoms with Gasteiger partial charge in [-0.1, -0.05) is 69.7 Å². The van der Waals surface area contributed by atoms with E-state index < -0.39 is 17.7 Å². The third-order valence-corrected chi connectivity index (χ3v) is 5.71. The van der Waals surface area contributed by atoms with Crippen molar-refractivity contribution in [1.29, 1.82) is 0 Å². The van der Waals surface area contributed by atoms with Crippen molar-refractivity contribution in [3.05, 3.63) is 59.7 Å². The molecule has 0 amide bonds. The van der Waals surface area contributed by atoms with Crippen LogP contribution >= 0.6 is 0 Å². The molecule has 0 saturated heterocycles. The number of hydrogen-bond acceptors (Lipinski definition) is 1. The first kappa shape index (κ1) is 19.0. The van der Waals surface area contributed by atoms with Crippen molar-refractivity contribution in [2.24, 2.45) is 11.8 Å². The first-order valence-electron chi connectivity index (χ1n) is 9.79. The Morgan fingerprint density at radius 1 is 0.885 bits per heavy atom. The molecule has 0 radical (unpaired) electrons. The molecule has 2 aromatic carbocycles. The maximum absolute atomic E-state index is 13.4. The van der Waals surface area contributed by atoms with Gasteiger partial charge in [0, 0.05) is 6.07 Å². The summed E-state index contributed by atoms with van der Waals surface area (Å²) in [5, 5.41) is 10.6. The summed E-state index contributed by atoms with van der Waals surface area (Å²) in [5.41, 5.74) is 2.14. The fourth-order valence-electron chi connectivity index (χ4n) is 4.23. The molecule has 1 N–H and O–H groups in total. The molecule has 0 heterocycles. The summed E-state index contributed by atoms with van der Waals surface area (Å²) in [4.78, 5) is 0. The van der Waals surface area contributed by atoms with E-state index in [1.54, 1.807) is 0 Å². The van der Waals surface area contributed by atoms with Crippen LogP contribution in [0.2, 0.25) is 0 Å². The fraction of sp³-hybridized carbons (Fsp3) is 0.478. The van der Waals surface area contributed by atoms with Gasteiger partial charge in [0.25, 0.3) is 0 Å². The Hall–Kier alpha value is -1.74. The molecular formula is C23H28F2O. The van der Waals surface area contributed by atoms with E-state index in [0.717, 1.165) is 29.5 Å². The number of halogens is 2. The second-order valence-corrected chi connectivity index (χ2v) is 7.71.